The van der Waals surface area contributed by atoms with E-state index in [4.69, 9.17) is 4.74 Å². The molecule has 6 nitrogen and oxygen atoms in total. The number of ether oxygens (including phenoxy) is 1. The molecule has 0 radical (unpaired) electrons. The Morgan fingerprint density at radius 1 is 1.30 bits per heavy atom. The summed E-state index contributed by atoms with van der Waals surface area (Å²) in [5.41, 5.74) is 1.76. The number of aryl methyl sites for hydroxylation is 1. The van der Waals surface area contributed by atoms with Crippen molar-refractivity contribution >= 4 is 11.7 Å². The molecule has 1 heterocycles. The SMILES string of the molecule is Cc1nonc1NC(=O)COc1ccc(C(C)C)cc1. The van der Waals surface area contributed by atoms with Crippen LogP contribution in [-0.4, -0.2) is 22.8 Å². The van der Waals surface area contributed by atoms with E-state index in [0.29, 0.717) is 23.2 Å². The van der Waals surface area contributed by atoms with Crippen LogP contribution >= 0.6 is 0 Å². The molecule has 0 spiro atoms. The Labute approximate surface area is 117 Å². The second-order valence-corrected chi connectivity index (χ2v) is 4.76. The number of aromatic nitrogens is 2. The van der Waals surface area contributed by atoms with Crippen LogP contribution in [0, 0.1) is 6.92 Å². The van der Waals surface area contributed by atoms with Crippen molar-refractivity contribution < 1.29 is 14.2 Å². The minimum absolute atomic E-state index is 0.0900. The van der Waals surface area contributed by atoms with Gasteiger partial charge in [-0.1, -0.05) is 31.1 Å². The van der Waals surface area contributed by atoms with Crippen LogP contribution in [0.25, 0.3) is 0 Å². The molecule has 0 fully saturated rings. The Morgan fingerprint density at radius 3 is 2.55 bits per heavy atom. The van der Waals surface area contributed by atoms with Gasteiger partial charge in [-0.25, -0.2) is 4.63 Å². The Morgan fingerprint density at radius 2 is 2.00 bits per heavy atom. The second kappa shape index (κ2) is 6.18. The minimum Gasteiger partial charge on any atom is -0.484 e. The lowest BCUT2D eigenvalue weighted by atomic mass is 10.0. The smallest absolute Gasteiger partial charge is 0.263 e. The third kappa shape index (κ3) is 3.57. The van der Waals surface area contributed by atoms with E-state index in [9.17, 15) is 4.79 Å². The maximum atomic E-state index is 11.7. The first-order valence-corrected chi connectivity index (χ1v) is 6.38. The largest absolute Gasteiger partial charge is 0.484 e. The number of rotatable bonds is 5. The number of anilines is 1. The van der Waals surface area contributed by atoms with E-state index >= 15 is 0 Å². The molecule has 6 heteroatoms. The van der Waals surface area contributed by atoms with Gasteiger partial charge in [0.1, 0.15) is 11.4 Å². The van der Waals surface area contributed by atoms with Crippen molar-refractivity contribution in [1.82, 2.24) is 10.3 Å². The number of carbonyl (C=O) groups is 1. The number of nitrogens with one attached hydrogen (secondary N) is 1. The van der Waals surface area contributed by atoms with E-state index in [1.54, 1.807) is 6.92 Å². The van der Waals surface area contributed by atoms with Crippen molar-refractivity contribution in [2.45, 2.75) is 26.7 Å². The number of amides is 1. The molecule has 106 valence electrons. The third-order valence-corrected chi connectivity index (χ3v) is 2.83. The summed E-state index contributed by atoms with van der Waals surface area (Å²) in [6, 6.07) is 7.68. The van der Waals surface area contributed by atoms with E-state index in [0.717, 1.165) is 0 Å². The van der Waals surface area contributed by atoms with Crippen molar-refractivity contribution in [3.05, 3.63) is 35.5 Å². The number of benzene rings is 1. The van der Waals surface area contributed by atoms with E-state index in [1.807, 2.05) is 24.3 Å². The van der Waals surface area contributed by atoms with Crippen LogP contribution in [-0.2, 0) is 4.79 Å². The van der Waals surface area contributed by atoms with E-state index in [2.05, 4.69) is 34.1 Å². The van der Waals surface area contributed by atoms with Crippen LogP contribution in [0.3, 0.4) is 0 Å². The lowest BCUT2D eigenvalue weighted by Crippen LogP contribution is -2.20. The van der Waals surface area contributed by atoms with Crippen molar-refractivity contribution in [2.24, 2.45) is 0 Å². The fourth-order valence-electron chi connectivity index (χ4n) is 1.61. The van der Waals surface area contributed by atoms with Gasteiger partial charge in [0.25, 0.3) is 5.91 Å². The number of hydrogen-bond donors (Lipinski definition) is 1. The van der Waals surface area contributed by atoms with Crippen molar-refractivity contribution in [3.63, 3.8) is 0 Å². The highest BCUT2D eigenvalue weighted by Gasteiger charge is 2.10. The average molecular weight is 275 g/mol. The summed E-state index contributed by atoms with van der Waals surface area (Å²) in [6.45, 7) is 5.85. The third-order valence-electron chi connectivity index (χ3n) is 2.83. The molecular weight excluding hydrogens is 258 g/mol. The van der Waals surface area contributed by atoms with Gasteiger partial charge < -0.3 is 10.1 Å². The Kier molecular flexibility index (Phi) is 4.34. The van der Waals surface area contributed by atoms with Crippen LogP contribution in [0.4, 0.5) is 5.82 Å². The molecule has 1 amide bonds. The predicted octanol–water partition coefficient (Wildman–Crippen LogP) is 2.52. The molecule has 0 saturated carbocycles. The fraction of sp³-hybridized carbons (Fsp3) is 0.357. The van der Waals surface area contributed by atoms with Crippen molar-refractivity contribution in [1.29, 1.82) is 0 Å². The molecule has 1 aromatic heterocycles. The molecule has 2 aromatic rings. The molecule has 0 aliphatic carbocycles. The minimum atomic E-state index is -0.309. The molecule has 0 aliphatic heterocycles. The van der Waals surface area contributed by atoms with Crippen LogP contribution in [0.2, 0.25) is 0 Å². The predicted molar refractivity (Wildman–Crippen MR) is 73.7 cm³/mol. The van der Waals surface area contributed by atoms with Crippen LogP contribution in [0.5, 0.6) is 5.75 Å². The number of nitrogens with zero attached hydrogens (tertiary/aromatic N) is 2. The first-order chi connectivity index (χ1) is 9.56. The highest BCUT2D eigenvalue weighted by Crippen LogP contribution is 2.18. The zero-order chi connectivity index (χ0) is 14.5. The topological polar surface area (TPSA) is 77.3 Å². The highest BCUT2D eigenvalue weighted by atomic mass is 16.6. The van der Waals surface area contributed by atoms with Crippen LogP contribution in [0.1, 0.15) is 31.0 Å². The zero-order valence-corrected chi connectivity index (χ0v) is 11.7. The van der Waals surface area contributed by atoms with Crippen molar-refractivity contribution in [2.75, 3.05) is 11.9 Å². The van der Waals surface area contributed by atoms with Crippen molar-refractivity contribution in [3.8, 4) is 5.75 Å². The van der Waals surface area contributed by atoms with E-state index in [1.165, 1.54) is 5.56 Å². The summed E-state index contributed by atoms with van der Waals surface area (Å²) < 4.78 is 9.89. The number of carbonyl (C=O) groups excluding carboxylic acids is 1. The van der Waals surface area contributed by atoms with E-state index < -0.39 is 0 Å². The quantitative estimate of drug-likeness (QED) is 0.907. The summed E-state index contributed by atoms with van der Waals surface area (Å²) in [5, 5.41) is 9.70. The normalized spacial score (nSPS) is 10.6. The molecule has 2 rings (SSSR count). The first kappa shape index (κ1) is 14.0. The lowest BCUT2D eigenvalue weighted by molar-refractivity contribution is -0.118. The molecule has 0 unspecified atom stereocenters. The molecule has 20 heavy (non-hydrogen) atoms. The second-order valence-electron chi connectivity index (χ2n) is 4.76. The summed E-state index contributed by atoms with van der Waals surface area (Å²) in [7, 11) is 0. The molecule has 1 aromatic carbocycles. The van der Waals surface area contributed by atoms with Crippen LogP contribution in [0.15, 0.2) is 28.9 Å². The first-order valence-electron chi connectivity index (χ1n) is 6.38. The Bertz CT molecular complexity index is 576. The Hall–Kier alpha value is -2.37. The molecule has 0 bridgehead atoms. The molecular formula is C14H17N3O3. The zero-order valence-electron chi connectivity index (χ0n) is 11.7. The molecule has 0 atom stereocenters. The van der Waals surface area contributed by atoms with Gasteiger partial charge in [-0.2, -0.15) is 0 Å². The summed E-state index contributed by atoms with van der Waals surface area (Å²) >= 11 is 0. The van der Waals surface area contributed by atoms with Gasteiger partial charge in [0, 0.05) is 0 Å². The van der Waals surface area contributed by atoms with E-state index in [-0.39, 0.29) is 12.5 Å². The van der Waals surface area contributed by atoms with Gasteiger partial charge in [0.05, 0.1) is 0 Å². The summed E-state index contributed by atoms with van der Waals surface area (Å²) in [4.78, 5) is 11.7. The highest BCUT2D eigenvalue weighted by molar-refractivity contribution is 5.91. The van der Waals surface area contributed by atoms with Gasteiger partial charge in [0.15, 0.2) is 12.4 Å². The maximum Gasteiger partial charge on any atom is 0.263 e. The standard InChI is InChI=1S/C14H17N3O3/c1-9(2)11-4-6-12(7-5-11)19-8-13(18)15-14-10(3)16-20-17-14/h4-7,9H,8H2,1-3H3,(H,15,17,18). The molecule has 1 N–H and O–H groups in total. The maximum absolute atomic E-state index is 11.7. The fourth-order valence-corrected chi connectivity index (χ4v) is 1.61. The summed E-state index contributed by atoms with van der Waals surface area (Å²) in [5.74, 6) is 1.13. The monoisotopic (exact) mass is 275 g/mol. The summed E-state index contributed by atoms with van der Waals surface area (Å²) in [6.07, 6.45) is 0. The Balaban J connectivity index is 1.85. The van der Waals surface area contributed by atoms with Gasteiger partial charge in [0.2, 0.25) is 0 Å². The lowest BCUT2D eigenvalue weighted by Gasteiger charge is -2.08. The van der Waals surface area contributed by atoms with Crippen LogP contribution < -0.4 is 10.1 Å². The van der Waals surface area contributed by atoms with Gasteiger partial charge in [-0.15, -0.1) is 0 Å². The van der Waals surface area contributed by atoms with Gasteiger partial charge in [-0.05, 0) is 35.7 Å². The number of hydrogen-bond acceptors (Lipinski definition) is 5. The molecule has 0 saturated heterocycles. The van der Waals surface area contributed by atoms with Gasteiger partial charge in [-0.3, -0.25) is 4.79 Å². The molecule has 0 aliphatic rings. The average Bonchev–Trinajstić information content (AvgIpc) is 2.82. The van der Waals surface area contributed by atoms with Gasteiger partial charge >= 0.3 is 0 Å².